The van der Waals surface area contributed by atoms with E-state index in [9.17, 15) is 13.2 Å². The normalized spacial score (nSPS) is 23.3. The number of carbonyl (C=O) groups is 1. The van der Waals surface area contributed by atoms with Gasteiger partial charge in [-0.3, -0.25) is 4.79 Å². The molecule has 88 valence electrons. The van der Waals surface area contributed by atoms with Crippen molar-refractivity contribution in [3.63, 3.8) is 0 Å². The van der Waals surface area contributed by atoms with Crippen LogP contribution < -0.4 is 5.32 Å². The van der Waals surface area contributed by atoms with E-state index in [1.807, 2.05) is 6.92 Å². The summed E-state index contributed by atoms with van der Waals surface area (Å²) in [6.07, 6.45) is 0.603. The molecule has 0 aliphatic carbocycles. The minimum absolute atomic E-state index is 0.0507. The Morgan fingerprint density at radius 3 is 2.33 bits per heavy atom. The van der Waals surface area contributed by atoms with Crippen molar-refractivity contribution in [3.8, 4) is 0 Å². The molecular weight excluding hydrogens is 218 g/mol. The van der Waals surface area contributed by atoms with Gasteiger partial charge in [-0.15, -0.1) is 0 Å². The Kier molecular flexibility index (Phi) is 3.72. The van der Waals surface area contributed by atoms with Gasteiger partial charge in [-0.25, -0.2) is 8.42 Å². The fourth-order valence-electron chi connectivity index (χ4n) is 1.87. The minimum Gasteiger partial charge on any atom is -0.468 e. The summed E-state index contributed by atoms with van der Waals surface area (Å²) in [6.45, 7) is 2.50. The Balaban J connectivity index is 2.82. The smallest absolute Gasteiger partial charge is 0.326 e. The highest BCUT2D eigenvalue weighted by molar-refractivity contribution is 7.91. The largest absolute Gasteiger partial charge is 0.468 e. The minimum atomic E-state index is -2.96. The number of methoxy groups -OCH3 is 1. The summed E-state index contributed by atoms with van der Waals surface area (Å²) in [6, 6.07) is 0. The Morgan fingerprint density at radius 2 is 1.93 bits per heavy atom. The second kappa shape index (κ2) is 4.49. The highest BCUT2D eigenvalue weighted by Crippen LogP contribution is 2.25. The number of carbonyl (C=O) groups excluding carboxylic acids is 1. The molecule has 0 aromatic carbocycles. The van der Waals surface area contributed by atoms with Crippen molar-refractivity contribution in [2.24, 2.45) is 0 Å². The Morgan fingerprint density at radius 1 is 1.40 bits per heavy atom. The van der Waals surface area contributed by atoms with Crippen molar-refractivity contribution >= 4 is 15.8 Å². The van der Waals surface area contributed by atoms with Gasteiger partial charge in [0.15, 0.2) is 0 Å². The van der Waals surface area contributed by atoms with Crippen molar-refractivity contribution in [2.45, 2.75) is 25.3 Å². The average molecular weight is 235 g/mol. The van der Waals surface area contributed by atoms with E-state index in [4.69, 9.17) is 4.74 Å². The van der Waals surface area contributed by atoms with Crippen LogP contribution in [0.1, 0.15) is 19.8 Å². The molecule has 15 heavy (non-hydrogen) atoms. The van der Waals surface area contributed by atoms with Crippen LogP contribution in [0.5, 0.6) is 0 Å². The molecule has 0 atom stereocenters. The number of rotatable bonds is 3. The Hall–Kier alpha value is -0.620. The zero-order valence-electron chi connectivity index (χ0n) is 9.08. The second-order valence-electron chi connectivity index (χ2n) is 3.76. The van der Waals surface area contributed by atoms with Gasteiger partial charge in [0.2, 0.25) is 0 Å². The Labute approximate surface area is 90.1 Å². The standard InChI is InChI=1S/C9H17NO4S/c1-3-10-9(8(11)14-2)4-6-15(12,13)7-5-9/h10H,3-7H2,1-2H3. The van der Waals surface area contributed by atoms with Crippen LogP contribution in [-0.2, 0) is 19.4 Å². The molecule has 1 saturated heterocycles. The lowest BCUT2D eigenvalue weighted by Gasteiger charge is -2.34. The van der Waals surface area contributed by atoms with Crippen LogP contribution in [0.2, 0.25) is 0 Å². The van der Waals surface area contributed by atoms with E-state index in [-0.39, 0.29) is 17.5 Å². The second-order valence-corrected chi connectivity index (χ2v) is 6.06. The molecule has 1 aliphatic rings. The highest BCUT2D eigenvalue weighted by atomic mass is 32.2. The van der Waals surface area contributed by atoms with Gasteiger partial charge < -0.3 is 10.1 Å². The molecule has 5 nitrogen and oxygen atoms in total. The SMILES string of the molecule is CCNC1(C(=O)OC)CCS(=O)(=O)CC1. The molecule has 0 aromatic rings. The van der Waals surface area contributed by atoms with Gasteiger partial charge in [0.1, 0.15) is 15.4 Å². The van der Waals surface area contributed by atoms with Crippen LogP contribution in [-0.4, -0.2) is 45.1 Å². The first-order valence-electron chi connectivity index (χ1n) is 4.99. The van der Waals surface area contributed by atoms with Gasteiger partial charge in [0.25, 0.3) is 0 Å². The number of esters is 1. The van der Waals surface area contributed by atoms with Gasteiger partial charge in [0.05, 0.1) is 18.6 Å². The number of hydrogen-bond acceptors (Lipinski definition) is 5. The third-order valence-corrected chi connectivity index (χ3v) is 4.42. The first-order valence-corrected chi connectivity index (χ1v) is 6.82. The van der Waals surface area contributed by atoms with Crippen LogP contribution in [0, 0.1) is 0 Å². The third-order valence-electron chi connectivity index (χ3n) is 2.77. The molecule has 0 radical (unpaired) electrons. The van der Waals surface area contributed by atoms with E-state index in [1.165, 1.54) is 7.11 Å². The summed E-state index contributed by atoms with van der Waals surface area (Å²) in [5.41, 5.74) is -0.797. The van der Waals surface area contributed by atoms with E-state index < -0.39 is 15.4 Å². The lowest BCUT2D eigenvalue weighted by molar-refractivity contribution is -0.149. The summed E-state index contributed by atoms with van der Waals surface area (Å²) in [5.74, 6) is -0.260. The summed E-state index contributed by atoms with van der Waals surface area (Å²) < 4.78 is 27.3. The molecule has 0 unspecified atom stereocenters. The van der Waals surface area contributed by atoms with Crippen LogP contribution in [0.25, 0.3) is 0 Å². The van der Waals surface area contributed by atoms with Crippen molar-refractivity contribution in [3.05, 3.63) is 0 Å². The number of nitrogens with one attached hydrogen (secondary N) is 1. The van der Waals surface area contributed by atoms with Crippen molar-refractivity contribution in [1.82, 2.24) is 5.32 Å². The van der Waals surface area contributed by atoms with Crippen LogP contribution in [0.4, 0.5) is 0 Å². The zero-order valence-corrected chi connectivity index (χ0v) is 9.89. The predicted molar refractivity (Wildman–Crippen MR) is 56.3 cm³/mol. The maximum absolute atomic E-state index is 11.6. The van der Waals surface area contributed by atoms with Crippen LogP contribution in [0.3, 0.4) is 0 Å². The van der Waals surface area contributed by atoms with Crippen molar-refractivity contribution in [2.75, 3.05) is 25.2 Å². The number of likely N-dealkylation sites (N-methyl/N-ethyl adjacent to an activating group) is 1. The summed E-state index contributed by atoms with van der Waals surface area (Å²) in [4.78, 5) is 11.6. The molecule has 1 aliphatic heterocycles. The molecule has 1 N–H and O–H groups in total. The molecule has 0 spiro atoms. The quantitative estimate of drug-likeness (QED) is 0.681. The lowest BCUT2D eigenvalue weighted by Crippen LogP contribution is -2.56. The summed E-state index contributed by atoms with van der Waals surface area (Å²) >= 11 is 0. The monoisotopic (exact) mass is 235 g/mol. The molecule has 0 aromatic heterocycles. The zero-order chi connectivity index (χ0) is 11.5. The third kappa shape index (κ3) is 2.69. The van der Waals surface area contributed by atoms with E-state index >= 15 is 0 Å². The summed E-state index contributed by atoms with van der Waals surface area (Å²) in [5, 5.41) is 3.05. The van der Waals surface area contributed by atoms with Gasteiger partial charge >= 0.3 is 5.97 Å². The fraction of sp³-hybridized carbons (Fsp3) is 0.889. The molecule has 1 heterocycles. The first-order chi connectivity index (χ1) is 6.96. The van der Waals surface area contributed by atoms with Crippen LogP contribution in [0.15, 0.2) is 0 Å². The number of sulfone groups is 1. The average Bonchev–Trinajstić information content (AvgIpc) is 2.21. The van der Waals surface area contributed by atoms with Gasteiger partial charge in [-0.1, -0.05) is 6.92 Å². The van der Waals surface area contributed by atoms with E-state index in [0.717, 1.165) is 0 Å². The highest BCUT2D eigenvalue weighted by Gasteiger charge is 2.43. The maximum atomic E-state index is 11.6. The lowest BCUT2D eigenvalue weighted by atomic mass is 9.92. The number of hydrogen-bond donors (Lipinski definition) is 1. The molecular formula is C9H17NO4S. The van der Waals surface area contributed by atoms with Gasteiger partial charge in [0, 0.05) is 0 Å². The first kappa shape index (κ1) is 12.4. The summed E-state index contributed by atoms with van der Waals surface area (Å²) in [7, 11) is -1.64. The van der Waals surface area contributed by atoms with Crippen molar-refractivity contribution < 1.29 is 17.9 Å². The predicted octanol–water partition coefficient (Wildman–Crippen LogP) is -0.284. The molecule has 1 fully saturated rings. The topological polar surface area (TPSA) is 72.5 Å². The molecule has 6 heteroatoms. The number of ether oxygens (including phenoxy) is 1. The van der Waals surface area contributed by atoms with Gasteiger partial charge in [-0.05, 0) is 19.4 Å². The van der Waals surface area contributed by atoms with Crippen LogP contribution >= 0.6 is 0 Å². The van der Waals surface area contributed by atoms with E-state index in [2.05, 4.69) is 5.32 Å². The van der Waals surface area contributed by atoms with E-state index in [1.54, 1.807) is 0 Å². The molecule has 0 saturated carbocycles. The van der Waals surface area contributed by atoms with E-state index in [0.29, 0.717) is 19.4 Å². The van der Waals surface area contributed by atoms with Crippen molar-refractivity contribution in [1.29, 1.82) is 0 Å². The maximum Gasteiger partial charge on any atom is 0.326 e. The molecule has 1 rings (SSSR count). The molecule has 0 amide bonds. The Bertz CT molecular complexity index is 322. The molecule has 0 bridgehead atoms. The van der Waals surface area contributed by atoms with Gasteiger partial charge in [-0.2, -0.15) is 0 Å². The fourth-order valence-corrected chi connectivity index (χ4v) is 3.40.